The molecule has 20 heavy (non-hydrogen) atoms. The quantitative estimate of drug-likeness (QED) is 0.843. The van der Waals surface area contributed by atoms with Crippen LogP contribution in [-0.4, -0.2) is 53.3 Å². The molecule has 0 aliphatic carbocycles. The van der Waals surface area contributed by atoms with Crippen LogP contribution in [0.2, 0.25) is 0 Å². The lowest BCUT2D eigenvalue weighted by atomic mass is 10.1. The molecule has 1 aromatic carbocycles. The Balaban J connectivity index is 1.87. The summed E-state index contributed by atoms with van der Waals surface area (Å²) in [5.41, 5.74) is 1.47. The highest BCUT2D eigenvalue weighted by atomic mass is 16.5. The maximum atomic E-state index is 12.5. The first-order chi connectivity index (χ1) is 9.74. The van der Waals surface area contributed by atoms with Gasteiger partial charge in [-0.3, -0.25) is 9.78 Å². The maximum absolute atomic E-state index is 12.5. The van der Waals surface area contributed by atoms with Crippen molar-refractivity contribution in [3.8, 4) is 0 Å². The molecular formula is C15H16N2O3. The Labute approximate surface area is 116 Å². The Morgan fingerprint density at radius 3 is 3.20 bits per heavy atom. The van der Waals surface area contributed by atoms with Crippen LogP contribution >= 0.6 is 0 Å². The third-order valence-electron chi connectivity index (χ3n) is 3.38. The van der Waals surface area contributed by atoms with Crippen LogP contribution in [0.15, 0.2) is 36.5 Å². The minimum absolute atomic E-state index is 0.0831. The first kappa shape index (κ1) is 13.0. The molecule has 0 radical (unpaired) electrons. The number of hydrogen-bond donors (Lipinski definition) is 1. The number of nitrogens with zero attached hydrogens (tertiary/aromatic N) is 2. The molecule has 0 saturated carbocycles. The van der Waals surface area contributed by atoms with Gasteiger partial charge in [-0.15, -0.1) is 0 Å². The number of fused-ring (bicyclic) bond motifs is 1. The lowest BCUT2D eigenvalue weighted by molar-refractivity contribution is 0.0534. The van der Waals surface area contributed by atoms with Crippen molar-refractivity contribution in [3.05, 3.63) is 42.1 Å². The fraction of sp³-hybridized carbons (Fsp3) is 0.333. The van der Waals surface area contributed by atoms with Gasteiger partial charge in [0.2, 0.25) is 0 Å². The maximum Gasteiger partial charge on any atom is 0.254 e. The van der Waals surface area contributed by atoms with E-state index in [4.69, 9.17) is 4.74 Å². The second kappa shape index (κ2) is 5.56. The van der Waals surface area contributed by atoms with Crippen LogP contribution in [0.1, 0.15) is 10.4 Å². The van der Waals surface area contributed by atoms with Crippen LogP contribution in [0.4, 0.5) is 0 Å². The molecule has 1 N–H and O–H groups in total. The number of benzene rings is 1. The van der Waals surface area contributed by atoms with Gasteiger partial charge < -0.3 is 14.7 Å². The minimum atomic E-state index is -0.622. The number of aliphatic hydroxyl groups excluding tert-OH is 1. The van der Waals surface area contributed by atoms with Crippen molar-refractivity contribution < 1.29 is 14.6 Å². The van der Waals surface area contributed by atoms with E-state index in [9.17, 15) is 9.90 Å². The van der Waals surface area contributed by atoms with Crippen molar-refractivity contribution in [1.82, 2.24) is 9.88 Å². The van der Waals surface area contributed by atoms with Gasteiger partial charge in [0.25, 0.3) is 5.91 Å². The molecule has 1 aromatic heterocycles. The number of hydrogen-bond acceptors (Lipinski definition) is 4. The number of β-amino-alcohol motifs (C(OH)–C–C–N with tert-alkyl or cyclic N) is 1. The number of pyridine rings is 1. The molecule has 5 heteroatoms. The average Bonchev–Trinajstić information content (AvgIpc) is 2.70. The van der Waals surface area contributed by atoms with E-state index in [1.165, 1.54) is 0 Å². The molecule has 0 unspecified atom stereocenters. The highest BCUT2D eigenvalue weighted by Gasteiger charge is 2.22. The van der Waals surface area contributed by atoms with E-state index < -0.39 is 6.10 Å². The summed E-state index contributed by atoms with van der Waals surface area (Å²) in [7, 11) is 0. The number of carbonyl (C=O) groups is 1. The van der Waals surface area contributed by atoms with Crippen molar-refractivity contribution >= 4 is 16.8 Å². The predicted molar refractivity (Wildman–Crippen MR) is 74.5 cm³/mol. The molecule has 0 spiro atoms. The normalized spacial score (nSPS) is 19.9. The zero-order valence-electron chi connectivity index (χ0n) is 11.0. The molecule has 1 saturated heterocycles. The summed E-state index contributed by atoms with van der Waals surface area (Å²) in [5, 5.41) is 10.6. The average molecular weight is 272 g/mol. The largest absolute Gasteiger partial charge is 0.389 e. The van der Waals surface area contributed by atoms with Gasteiger partial charge in [-0.05, 0) is 24.3 Å². The highest BCUT2D eigenvalue weighted by molar-refractivity contribution is 5.97. The number of aromatic nitrogens is 1. The van der Waals surface area contributed by atoms with Crippen molar-refractivity contribution in [3.63, 3.8) is 0 Å². The zero-order chi connectivity index (χ0) is 13.9. The van der Waals surface area contributed by atoms with Crippen LogP contribution in [0.3, 0.4) is 0 Å². The zero-order valence-corrected chi connectivity index (χ0v) is 11.0. The third kappa shape index (κ3) is 2.64. The molecule has 2 heterocycles. The number of amides is 1. The molecule has 5 nitrogen and oxygen atoms in total. The SMILES string of the molecule is O=C(c1ccc2ncccc2c1)N1CCOC[C@@H](O)C1. The Bertz CT molecular complexity index is 629. The molecule has 0 bridgehead atoms. The van der Waals surface area contributed by atoms with Gasteiger partial charge in [0.1, 0.15) is 0 Å². The molecule has 1 atom stereocenters. The number of rotatable bonds is 1. The second-order valence-electron chi connectivity index (χ2n) is 4.89. The first-order valence-corrected chi connectivity index (χ1v) is 6.64. The number of ether oxygens (including phenoxy) is 1. The molecular weight excluding hydrogens is 256 g/mol. The smallest absolute Gasteiger partial charge is 0.254 e. The monoisotopic (exact) mass is 272 g/mol. The standard InChI is InChI=1S/C15H16N2O3/c18-13-9-17(6-7-20-10-13)15(19)12-3-4-14-11(8-12)2-1-5-16-14/h1-5,8,13,18H,6-7,9-10H2/t13-/m0/s1. The Hall–Kier alpha value is -1.98. The van der Waals surface area contributed by atoms with E-state index in [0.717, 1.165) is 10.9 Å². The van der Waals surface area contributed by atoms with Gasteiger partial charge in [0.15, 0.2) is 0 Å². The molecule has 1 fully saturated rings. The van der Waals surface area contributed by atoms with E-state index >= 15 is 0 Å². The number of carbonyl (C=O) groups excluding carboxylic acids is 1. The summed E-state index contributed by atoms with van der Waals surface area (Å²) in [4.78, 5) is 18.4. The van der Waals surface area contributed by atoms with E-state index in [1.54, 1.807) is 17.2 Å². The van der Waals surface area contributed by atoms with E-state index in [2.05, 4.69) is 4.98 Å². The summed E-state index contributed by atoms with van der Waals surface area (Å²) in [6, 6.07) is 9.23. The van der Waals surface area contributed by atoms with Gasteiger partial charge in [-0.2, -0.15) is 0 Å². The van der Waals surface area contributed by atoms with Crippen molar-refractivity contribution in [2.75, 3.05) is 26.3 Å². The second-order valence-corrected chi connectivity index (χ2v) is 4.89. The summed E-state index contributed by atoms with van der Waals surface area (Å²) in [5.74, 6) is -0.0831. The fourth-order valence-electron chi connectivity index (χ4n) is 2.37. The van der Waals surface area contributed by atoms with E-state index in [0.29, 0.717) is 25.3 Å². The van der Waals surface area contributed by atoms with Crippen molar-refractivity contribution in [2.24, 2.45) is 0 Å². The summed E-state index contributed by atoms with van der Waals surface area (Å²) < 4.78 is 5.24. The van der Waals surface area contributed by atoms with E-state index in [1.807, 2.05) is 24.3 Å². The Morgan fingerprint density at radius 1 is 1.40 bits per heavy atom. The van der Waals surface area contributed by atoms with Gasteiger partial charge >= 0.3 is 0 Å². The van der Waals surface area contributed by atoms with Crippen LogP contribution in [0, 0.1) is 0 Å². The van der Waals surface area contributed by atoms with Gasteiger partial charge in [-0.25, -0.2) is 0 Å². The Morgan fingerprint density at radius 2 is 2.30 bits per heavy atom. The fourth-order valence-corrected chi connectivity index (χ4v) is 2.37. The minimum Gasteiger partial charge on any atom is -0.389 e. The van der Waals surface area contributed by atoms with Gasteiger partial charge in [-0.1, -0.05) is 6.07 Å². The van der Waals surface area contributed by atoms with Crippen LogP contribution in [-0.2, 0) is 4.74 Å². The van der Waals surface area contributed by atoms with Gasteiger partial charge in [0, 0.05) is 30.2 Å². The molecule has 2 aromatic rings. The summed E-state index contributed by atoms with van der Waals surface area (Å²) >= 11 is 0. The van der Waals surface area contributed by atoms with Gasteiger partial charge in [0.05, 0.1) is 24.8 Å². The molecule has 104 valence electrons. The predicted octanol–water partition coefficient (Wildman–Crippen LogP) is 1.07. The lowest BCUT2D eigenvalue weighted by Crippen LogP contribution is -2.37. The Kier molecular flexibility index (Phi) is 3.62. The van der Waals surface area contributed by atoms with Crippen molar-refractivity contribution in [1.29, 1.82) is 0 Å². The lowest BCUT2D eigenvalue weighted by Gasteiger charge is -2.21. The molecule has 1 amide bonds. The molecule has 3 rings (SSSR count). The molecule has 1 aliphatic rings. The van der Waals surface area contributed by atoms with E-state index in [-0.39, 0.29) is 12.5 Å². The van der Waals surface area contributed by atoms with Crippen LogP contribution in [0.25, 0.3) is 10.9 Å². The topological polar surface area (TPSA) is 62.7 Å². The summed E-state index contributed by atoms with van der Waals surface area (Å²) in [6.45, 7) is 1.55. The van der Waals surface area contributed by atoms with Crippen molar-refractivity contribution in [2.45, 2.75) is 6.10 Å². The first-order valence-electron chi connectivity index (χ1n) is 6.64. The van der Waals surface area contributed by atoms with Crippen LogP contribution < -0.4 is 0 Å². The van der Waals surface area contributed by atoms with Crippen LogP contribution in [0.5, 0.6) is 0 Å². The third-order valence-corrected chi connectivity index (χ3v) is 3.38. The number of aliphatic hydroxyl groups is 1. The highest BCUT2D eigenvalue weighted by Crippen LogP contribution is 2.15. The summed E-state index contributed by atoms with van der Waals surface area (Å²) in [6.07, 6.45) is 1.11. The molecule has 1 aliphatic heterocycles.